The predicted octanol–water partition coefficient (Wildman–Crippen LogP) is 4.69. The summed E-state index contributed by atoms with van der Waals surface area (Å²) in [4.78, 5) is 50.9. The molecule has 3 amide bonds. The maximum absolute atomic E-state index is 13.1. The second-order valence-electron chi connectivity index (χ2n) is 8.02. The molecule has 0 spiro atoms. The van der Waals surface area contributed by atoms with Gasteiger partial charge in [-0.25, -0.2) is 4.79 Å². The molecular formula is C26H19F3N2O5. The van der Waals surface area contributed by atoms with Crippen LogP contribution < -0.4 is 5.32 Å². The van der Waals surface area contributed by atoms with Crippen molar-refractivity contribution in [1.29, 1.82) is 0 Å². The van der Waals surface area contributed by atoms with Gasteiger partial charge in [0.1, 0.15) is 0 Å². The van der Waals surface area contributed by atoms with Gasteiger partial charge in [0, 0.05) is 0 Å². The number of hydrogen-bond donors (Lipinski definition) is 1. The van der Waals surface area contributed by atoms with Crippen molar-refractivity contribution in [2.45, 2.75) is 25.7 Å². The zero-order valence-electron chi connectivity index (χ0n) is 18.8. The summed E-state index contributed by atoms with van der Waals surface area (Å²) in [6.45, 7) is 1.24. The Hall–Kier alpha value is -4.47. The molecule has 0 aliphatic carbocycles. The van der Waals surface area contributed by atoms with E-state index in [9.17, 15) is 32.3 Å². The first kappa shape index (κ1) is 24.6. The van der Waals surface area contributed by atoms with Crippen LogP contribution in [-0.2, 0) is 22.3 Å². The molecule has 0 bridgehead atoms. The molecule has 1 N–H and O–H groups in total. The Bertz CT molecular complexity index is 1320. The summed E-state index contributed by atoms with van der Waals surface area (Å²) < 4.78 is 44.5. The van der Waals surface area contributed by atoms with Crippen LogP contribution in [0.5, 0.6) is 0 Å². The molecule has 4 rings (SSSR count). The summed E-state index contributed by atoms with van der Waals surface area (Å²) in [5.74, 6) is -2.62. The van der Waals surface area contributed by atoms with Gasteiger partial charge >= 0.3 is 12.1 Å². The van der Waals surface area contributed by atoms with E-state index >= 15 is 0 Å². The van der Waals surface area contributed by atoms with Gasteiger partial charge in [-0.2, -0.15) is 13.2 Å². The van der Waals surface area contributed by atoms with Crippen molar-refractivity contribution >= 4 is 29.4 Å². The highest BCUT2D eigenvalue weighted by Gasteiger charge is 2.35. The largest absolute Gasteiger partial charge is 0.449 e. The molecule has 3 aromatic rings. The number of amides is 3. The van der Waals surface area contributed by atoms with E-state index in [0.29, 0.717) is 16.7 Å². The van der Waals surface area contributed by atoms with E-state index in [1.54, 1.807) is 24.3 Å². The molecule has 3 aromatic carbocycles. The Morgan fingerprint density at radius 1 is 0.889 bits per heavy atom. The maximum atomic E-state index is 13.1. The van der Waals surface area contributed by atoms with Gasteiger partial charge in [0.05, 0.1) is 34.5 Å². The van der Waals surface area contributed by atoms with Crippen LogP contribution in [0.1, 0.15) is 49.1 Å². The third-order valence-electron chi connectivity index (χ3n) is 5.55. The second-order valence-corrected chi connectivity index (χ2v) is 8.02. The number of imide groups is 1. The molecule has 1 heterocycles. The topological polar surface area (TPSA) is 92.8 Å². The smallest absolute Gasteiger partial charge is 0.418 e. The van der Waals surface area contributed by atoms with Crippen molar-refractivity contribution in [3.05, 3.63) is 101 Å². The Morgan fingerprint density at radius 2 is 1.44 bits per heavy atom. The number of alkyl halides is 3. The molecule has 0 saturated heterocycles. The number of halogens is 3. The van der Waals surface area contributed by atoms with Gasteiger partial charge in [0.2, 0.25) is 0 Å². The quantitative estimate of drug-likeness (QED) is 0.395. The van der Waals surface area contributed by atoms with Crippen LogP contribution in [0.2, 0.25) is 0 Å². The van der Waals surface area contributed by atoms with Crippen molar-refractivity contribution in [3.8, 4) is 0 Å². The Kier molecular flexibility index (Phi) is 6.61. The molecule has 0 saturated carbocycles. The van der Waals surface area contributed by atoms with Crippen molar-refractivity contribution in [2.24, 2.45) is 0 Å². The highest BCUT2D eigenvalue weighted by Crippen LogP contribution is 2.34. The average molecular weight is 496 g/mol. The van der Waals surface area contributed by atoms with Gasteiger partial charge in [0.15, 0.2) is 6.10 Å². The molecule has 7 nitrogen and oxygen atoms in total. The van der Waals surface area contributed by atoms with Crippen molar-refractivity contribution in [2.75, 3.05) is 5.32 Å². The number of benzene rings is 3. The lowest BCUT2D eigenvalue weighted by atomic mass is 10.1. The zero-order valence-corrected chi connectivity index (χ0v) is 18.8. The number of carbonyl (C=O) groups excluding carboxylic acids is 4. The lowest BCUT2D eigenvalue weighted by Crippen LogP contribution is -2.31. The number of fused-ring (bicyclic) bond motifs is 1. The molecular weight excluding hydrogens is 477 g/mol. The standard InChI is InChI=1S/C26H19F3N2O5/c1-15(22(32)30-21-9-5-4-8-20(21)26(27,28)29)36-25(35)17-12-10-16(11-13-17)14-31-23(33)18-6-2-3-7-19(18)24(31)34/h2-13,15H,14H2,1H3,(H,30,32). The number of nitrogens with one attached hydrogen (secondary N) is 1. The summed E-state index contributed by atoms with van der Waals surface area (Å²) in [6, 6.07) is 16.8. The molecule has 1 atom stereocenters. The molecule has 1 aliphatic heterocycles. The van der Waals surface area contributed by atoms with Gasteiger partial charge < -0.3 is 10.1 Å². The predicted molar refractivity (Wildman–Crippen MR) is 122 cm³/mol. The second kappa shape index (κ2) is 9.65. The van der Waals surface area contributed by atoms with Crippen LogP contribution in [0.3, 0.4) is 0 Å². The molecule has 10 heteroatoms. The highest BCUT2D eigenvalue weighted by molar-refractivity contribution is 6.21. The van der Waals surface area contributed by atoms with Crippen LogP contribution in [0.4, 0.5) is 18.9 Å². The van der Waals surface area contributed by atoms with Crippen LogP contribution in [0, 0.1) is 0 Å². The molecule has 1 aliphatic rings. The fourth-order valence-corrected chi connectivity index (χ4v) is 3.67. The summed E-state index contributed by atoms with van der Waals surface area (Å²) in [7, 11) is 0. The number of para-hydroxylation sites is 1. The Morgan fingerprint density at radius 3 is 2.03 bits per heavy atom. The van der Waals surface area contributed by atoms with E-state index in [0.717, 1.165) is 17.0 Å². The summed E-state index contributed by atoms with van der Waals surface area (Å²) in [5, 5.41) is 2.13. The van der Waals surface area contributed by atoms with Crippen molar-refractivity contribution in [3.63, 3.8) is 0 Å². The fourth-order valence-electron chi connectivity index (χ4n) is 3.67. The van der Waals surface area contributed by atoms with Crippen LogP contribution in [0.25, 0.3) is 0 Å². The minimum absolute atomic E-state index is 0.000895. The number of ether oxygens (including phenoxy) is 1. The molecule has 184 valence electrons. The third kappa shape index (κ3) is 4.97. The molecule has 1 unspecified atom stereocenters. The number of hydrogen-bond acceptors (Lipinski definition) is 5. The zero-order chi connectivity index (χ0) is 26.0. The lowest BCUT2D eigenvalue weighted by Gasteiger charge is -2.17. The number of carbonyl (C=O) groups is 4. The van der Waals surface area contributed by atoms with Gasteiger partial charge in [-0.05, 0) is 48.9 Å². The molecule has 0 aromatic heterocycles. The lowest BCUT2D eigenvalue weighted by molar-refractivity contribution is -0.137. The van der Waals surface area contributed by atoms with Crippen LogP contribution in [0.15, 0.2) is 72.8 Å². The summed E-state index contributed by atoms with van der Waals surface area (Å²) >= 11 is 0. The number of nitrogens with zero attached hydrogens (tertiary/aromatic N) is 1. The molecule has 0 fully saturated rings. The van der Waals surface area contributed by atoms with Gasteiger partial charge in [0.25, 0.3) is 17.7 Å². The average Bonchev–Trinajstić information content (AvgIpc) is 3.09. The van der Waals surface area contributed by atoms with Gasteiger partial charge in [-0.15, -0.1) is 0 Å². The molecule has 36 heavy (non-hydrogen) atoms. The van der Waals surface area contributed by atoms with Gasteiger partial charge in [-0.3, -0.25) is 19.3 Å². The SMILES string of the molecule is CC(OC(=O)c1ccc(CN2C(=O)c3ccccc3C2=O)cc1)C(=O)Nc1ccccc1C(F)(F)F. The Balaban J connectivity index is 1.37. The van der Waals surface area contributed by atoms with E-state index in [1.165, 1.54) is 43.3 Å². The van der Waals surface area contributed by atoms with Crippen LogP contribution in [-0.4, -0.2) is 34.7 Å². The minimum atomic E-state index is -4.67. The summed E-state index contributed by atoms with van der Waals surface area (Å²) in [6.07, 6.45) is -6.05. The number of rotatable bonds is 6. The van der Waals surface area contributed by atoms with E-state index in [2.05, 4.69) is 5.32 Å². The summed E-state index contributed by atoms with van der Waals surface area (Å²) in [5.41, 5.74) is -0.159. The monoisotopic (exact) mass is 496 g/mol. The first-order valence-electron chi connectivity index (χ1n) is 10.8. The van der Waals surface area contributed by atoms with Crippen molar-refractivity contribution < 1.29 is 37.1 Å². The highest BCUT2D eigenvalue weighted by atomic mass is 19.4. The normalized spacial score (nSPS) is 13.8. The van der Waals surface area contributed by atoms with E-state index in [1.807, 2.05) is 0 Å². The number of anilines is 1. The fraction of sp³-hybridized carbons (Fsp3) is 0.154. The first-order valence-corrected chi connectivity index (χ1v) is 10.8. The maximum Gasteiger partial charge on any atom is 0.418 e. The number of esters is 1. The van der Waals surface area contributed by atoms with Crippen molar-refractivity contribution in [1.82, 2.24) is 4.90 Å². The van der Waals surface area contributed by atoms with Gasteiger partial charge in [-0.1, -0.05) is 36.4 Å². The van der Waals surface area contributed by atoms with E-state index < -0.39 is 47.2 Å². The van der Waals surface area contributed by atoms with Crippen LogP contribution >= 0.6 is 0 Å². The van der Waals surface area contributed by atoms with E-state index in [4.69, 9.17) is 4.74 Å². The molecule has 0 radical (unpaired) electrons. The first-order chi connectivity index (χ1) is 17.1. The third-order valence-corrected chi connectivity index (χ3v) is 5.55. The van der Waals surface area contributed by atoms with E-state index in [-0.39, 0.29) is 12.1 Å². The Labute approximate surface area is 203 Å². The minimum Gasteiger partial charge on any atom is -0.449 e.